The van der Waals surface area contributed by atoms with E-state index in [4.69, 9.17) is 14.7 Å². The molecule has 1 aromatic carbocycles. The first-order chi connectivity index (χ1) is 16.6. The summed E-state index contributed by atoms with van der Waals surface area (Å²) in [5.41, 5.74) is 4.67. The van der Waals surface area contributed by atoms with E-state index in [1.54, 1.807) is 0 Å². The third kappa shape index (κ3) is 4.71. The molecule has 2 aliphatic rings. The predicted octanol–water partition coefficient (Wildman–Crippen LogP) is 3.96. The lowest BCUT2D eigenvalue weighted by molar-refractivity contribution is 0.122. The Morgan fingerprint density at radius 2 is 1.82 bits per heavy atom. The average molecular weight is 459 g/mol. The number of nitrogens with zero attached hydrogens (tertiary/aromatic N) is 6. The standard InChI is InChI=1S/C27H34N6O/c1-4-22-8-5-9-23(17-22)24-18-25(30-27(29-24)31-13-15-34-16-14-31)33-12-11-32(19-21(33)3)26-20(2)7-6-10-28-26/h5-10,17-18,21H,4,11-16,19H2,1-3H3/t21-/m1/s1. The Morgan fingerprint density at radius 1 is 0.971 bits per heavy atom. The van der Waals surface area contributed by atoms with Crippen molar-refractivity contribution in [3.63, 3.8) is 0 Å². The van der Waals surface area contributed by atoms with Gasteiger partial charge in [0.2, 0.25) is 5.95 Å². The Kier molecular flexibility index (Phi) is 6.63. The van der Waals surface area contributed by atoms with Crippen LogP contribution in [0.15, 0.2) is 48.7 Å². The first-order valence-electron chi connectivity index (χ1n) is 12.4. The Morgan fingerprint density at radius 3 is 2.59 bits per heavy atom. The van der Waals surface area contributed by atoms with Crippen LogP contribution in [0.25, 0.3) is 11.3 Å². The van der Waals surface area contributed by atoms with Crippen molar-refractivity contribution in [3.8, 4) is 11.3 Å². The molecule has 0 aliphatic carbocycles. The maximum Gasteiger partial charge on any atom is 0.228 e. The minimum absolute atomic E-state index is 0.303. The first kappa shape index (κ1) is 22.6. The smallest absolute Gasteiger partial charge is 0.228 e. The summed E-state index contributed by atoms with van der Waals surface area (Å²) >= 11 is 0. The molecule has 1 atom stereocenters. The molecule has 0 N–H and O–H groups in total. The predicted molar refractivity (Wildman–Crippen MR) is 138 cm³/mol. The van der Waals surface area contributed by atoms with E-state index in [0.29, 0.717) is 19.3 Å². The maximum atomic E-state index is 5.57. The number of anilines is 3. The van der Waals surface area contributed by atoms with E-state index in [-0.39, 0.29) is 0 Å². The van der Waals surface area contributed by atoms with Crippen LogP contribution in [0.2, 0.25) is 0 Å². The summed E-state index contributed by atoms with van der Waals surface area (Å²) in [6.45, 7) is 12.4. The van der Waals surface area contributed by atoms with Crippen LogP contribution < -0.4 is 14.7 Å². The molecule has 0 unspecified atom stereocenters. The number of hydrogen-bond donors (Lipinski definition) is 0. The summed E-state index contributed by atoms with van der Waals surface area (Å²) in [5.74, 6) is 2.88. The molecule has 4 heterocycles. The van der Waals surface area contributed by atoms with E-state index < -0.39 is 0 Å². The second-order valence-electron chi connectivity index (χ2n) is 9.20. The molecular weight excluding hydrogens is 424 g/mol. The Balaban J connectivity index is 1.47. The van der Waals surface area contributed by atoms with Gasteiger partial charge in [-0.05, 0) is 43.5 Å². The van der Waals surface area contributed by atoms with Gasteiger partial charge in [-0.25, -0.2) is 9.97 Å². The van der Waals surface area contributed by atoms with Crippen molar-refractivity contribution in [3.05, 3.63) is 59.8 Å². The van der Waals surface area contributed by atoms with Gasteiger partial charge in [0.25, 0.3) is 0 Å². The second kappa shape index (κ2) is 9.97. The number of hydrogen-bond acceptors (Lipinski definition) is 7. The molecule has 2 aliphatic heterocycles. The van der Waals surface area contributed by atoms with E-state index in [0.717, 1.165) is 68.0 Å². The van der Waals surface area contributed by atoms with Gasteiger partial charge in [0, 0.05) is 56.6 Å². The highest BCUT2D eigenvalue weighted by molar-refractivity contribution is 5.66. The fraction of sp³-hybridized carbons (Fsp3) is 0.444. The fourth-order valence-electron chi connectivity index (χ4n) is 4.87. The highest BCUT2D eigenvalue weighted by Crippen LogP contribution is 2.29. The van der Waals surface area contributed by atoms with Crippen LogP contribution in [0.4, 0.5) is 17.6 Å². The molecule has 2 aromatic heterocycles. The molecule has 0 amide bonds. The molecule has 7 nitrogen and oxygen atoms in total. The summed E-state index contributed by atoms with van der Waals surface area (Å²) in [7, 11) is 0. The van der Waals surface area contributed by atoms with Gasteiger partial charge in [-0.1, -0.05) is 31.2 Å². The number of morpholine rings is 1. The van der Waals surface area contributed by atoms with Crippen molar-refractivity contribution in [2.24, 2.45) is 0 Å². The third-order valence-electron chi connectivity index (χ3n) is 6.83. The van der Waals surface area contributed by atoms with Crippen molar-refractivity contribution in [2.75, 3.05) is 60.6 Å². The zero-order valence-electron chi connectivity index (χ0n) is 20.4. The second-order valence-corrected chi connectivity index (χ2v) is 9.20. The molecular formula is C27H34N6O. The summed E-state index contributed by atoms with van der Waals surface area (Å²) < 4.78 is 5.57. The van der Waals surface area contributed by atoms with E-state index in [1.807, 2.05) is 12.3 Å². The van der Waals surface area contributed by atoms with Crippen LogP contribution in [-0.4, -0.2) is 66.9 Å². The molecule has 0 bridgehead atoms. The minimum Gasteiger partial charge on any atom is -0.378 e. The average Bonchev–Trinajstić information content (AvgIpc) is 2.89. The number of ether oxygens (including phenoxy) is 1. The molecule has 5 rings (SSSR count). The Bertz CT molecular complexity index is 1130. The van der Waals surface area contributed by atoms with Gasteiger partial charge in [0.1, 0.15) is 11.6 Å². The lowest BCUT2D eigenvalue weighted by Crippen LogP contribution is -2.53. The third-order valence-corrected chi connectivity index (χ3v) is 6.83. The summed E-state index contributed by atoms with van der Waals surface area (Å²) in [6.07, 6.45) is 2.89. The van der Waals surface area contributed by atoms with Gasteiger partial charge in [0.15, 0.2) is 0 Å². The quantitative estimate of drug-likeness (QED) is 0.574. The van der Waals surface area contributed by atoms with Gasteiger partial charge in [-0.2, -0.15) is 4.98 Å². The van der Waals surface area contributed by atoms with E-state index >= 15 is 0 Å². The number of benzene rings is 1. The molecule has 2 saturated heterocycles. The Labute approximate surface area is 202 Å². The van der Waals surface area contributed by atoms with Crippen LogP contribution in [0.3, 0.4) is 0 Å². The van der Waals surface area contributed by atoms with Crippen molar-refractivity contribution in [2.45, 2.75) is 33.2 Å². The highest BCUT2D eigenvalue weighted by Gasteiger charge is 2.28. The number of aryl methyl sites for hydroxylation is 2. The summed E-state index contributed by atoms with van der Waals surface area (Å²) in [4.78, 5) is 21.8. The zero-order valence-corrected chi connectivity index (χ0v) is 20.4. The molecule has 0 radical (unpaired) electrons. The first-order valence-corrected chi connectivity index (χ1v) is 12.4. The molecule has 3 aromatic rings. The molecule has 34 heavy (non-hydrogen) atoms. The normalized spacial score (nSPS) is 18.9. The van der Waals surface area contributed by atoms with Gasteiger partial charge >= 0.3 is 0 Å². The van der Waals surface area contributed by atoms with Crippen molar-refractivity contribution in [1.29, 1.82) is 0 Å². The van der Waals surface area contributed by atoms with E-state index in [2.05, 4.69) is 76.9 Å². The summed E-state index contributed by atoms with van der Waals surface area (Å²) in [5, 5.41) is 0. The van der Waals surface area contributed by atoms with Crippen LogP contribution in [0, 0.1) is 6.92 Å². The van der Waals surface area contributed by atoms with Crippen molar-refractivity contribution in [1.82, 2.24) is 15.0 Å². The highest BCUT2D eigenvalue weighted by atomic mass is 16.5. The summed E-state index contributed by atoms with van der Waals surface area (Å²) in [6, 6.07) is 15.3. The van der Waals surface area contributed by atoms with Gasteiger partial charge in [-0.3, -0.25) is 0 Å². The molecule has 2 fully saturated rings. The molecule has 178 valence electrons. The lowest BCUT2D eigenvalue weighted by Gasteiger charge is -2.41. The fourth-order valence-corrected chi connectivity index (χ4v) is 4.87. The molecule has 0 saturated carbocycles. The minimum atomic E-state index is 0.303. The topological polar surface area (TPSA) is 57.6 Å². The molecule has 0 spiro atoms. The van der Waals surface area contributed by atoms with E-state index in [1.165, 1.54) is 11.1 Å². The monoisotopic (exact) mass is 458 g/mol. The van der Waals surface area contributed by atoms with E-state index in [9.17, 15) is 0 Å². The van der Waals surface area contributed by atoms with Crippen molar-refractivity contribution < 1.29 is 4.74 Å². The van der Waals surface area contributed by atoms with Crippen LogP contribution >= 0.6 is 0 Å². The van der Waals surface area contributed by atoms with Crippen LogP contribution in [0.1, 0.15) is 25.0 Å². The zero-order chi connectivity index (χ0) is 23.5. The van der Waals surface area contributed by atoms with Crippen LogP contribution in [0.5, 0.6) is 0 Å². The molecule has 7 heteroatoms. The van der Waals surface area contributed by atoms with Gasteiger partial charge in [-0.15, -0.1) is 0 Å². The van der Waals surface area contributed by atoms with Gasteiger partial charge < -0.3 is 19.4 Å². The number of piperazine rings is 1. The van der Waals surface area contributed by atoms with Crippen LogP contribution in [-0.2, 0) is 11.2 Å². The largest absolute Gasteiger partial charge is 0.378 e. The van der Waals surface area contributed by atoms with Crippen molar-refractivity contribution >= 4 is 17.6 Å². The Hall–Kier alpha value is -3.19. The number of aromatic nitrogens is 3. The lowest BCUT2D eigenvalue weighted by atomic mass is 10.1. The van der Waals surface area contributed by atoms with Gasteiger partial charge in [0.05, 0.1) is 18.9 Å². The number of rotatable bonds is 5. The maximum absolute atomic E-state index is 5.57. The SMILES string of the molecule is CCc1cccc(-c2cc(N3CCN(c4ncccc4C)C[C@H]3C)nc(N3CCOCC3)n2)c1. The number of pyridine rings is 1.